The second-order valence-corrected chi connectivity index (χ2v) is 1.34. The number of nitrogens with two attached hydrogens (primary N) is 1. The van der Waals surface area contributed by atoms with Crippen LogP contribution in [0.25, 0.3) is 0 Å². The first kappa shape index (κ1) is 5.54. The summed E-state index contributed by atoms with van der Waals surface area (Å²) in [4.78, 5) is 9.25. The third-order valence-corrected chi connectivity index (χ3v) is 0.775. The van der Waals surface area contributed by atoms with E-state index in [1.807, 2.05) is 0 Å². The molecule has 48 valence electrons. The number of hydrogen-bond donors (Lipinski definition) is 1. The molecule has 0 aliphatic carbocycles. The van der Waals surface area contributed by atoms with Crippen LogP contribution in [-0.2, 0) is 0 Å². The highest BCUT2D eigenvalue weighted by Crippen LogP contribution is 2.16. The first-order chi connectivity index (χ1) is 4.22. The minimum absolute atomic E-state index is 0.194. The van der Waals surface area contributed by atoms with E-state index in [0.29, 0.717) is 0 Å². The summed E-state index contributed by atoms with van der Waals surface area (Å²) in [5, 5.41) is 13.0. The van der Waals surface area contributed by atoms with Crippen LogP contribution in [0, 0.1) is 10.1 Å². The summed E-state index contributed by atoms with van der Waals surface area (Å²) in [5.74, 6) is -0.194. The number of hydrogen-bond acceptors (Lipinski definition) is 5. The van der Waals surface area contributed by atoms with Gasteiger partial charge >= 0.3 is 5.69 Å². The van der Waals surface area contributed by atoms with Gasteiger partial charge in [0.25, 0.3) is 0 Å². The summed E-state index contributed by atoms with van der Waals surface area (Å²) in [6.45, 7) is 0. The van der Waals surface area contributed by atoms with Crippen molar-refractivity contribution in [1.29, 1.82) is 0 Å². The van der Waals surface area contributed by atoms with E-state index in [-0.39, 0.29) is 11.5 Å². The quantitative estimate of drug-likeness (QED) is 0.430. The zero-order valence-electron chi connectivity index (χ0n) is 4.27. The molecule has 0 aliphatic rings. The van der Waals surface area contributed by atoms with Gasteiger partial charge in [-0.05, 0) is 0 Å². The molecule has 0 aromatic carbocycles. The summed E-state index contributed by atoms with van der Waals surface area (Å²) < 4.78 is 4.19. The molecule has 1 rings (SSSR count). The minimum atomic E-state index is -0.661. The fraction of sp³-hybridized carbons (Fsp3) is 0. The van der Waals surface area contributed by atoms with Gasteiger partial charge in [0.1, 0.15) is 0 Å². The van der Waals surface area contributed by atoms with Crippen LogP contribution in [0.5, 0.6) is 0 Å². The van der Waals surface area contributed by atoms with Crippen molar-refractivity contribution in [2.45, 2.75) is 0 Å². The topological polar surface area (TPSA) is 95.2 Å². The average molecular weight is 129 g/mol. The van der Waals surface area contributed by atoms with Gasteiger partial charge in [-0.15, -0.1) is 0 Å². The number of nitro groups is 1. The number of nitrogen functional groups attached to an aromatic ring is 1. The van der Waals surface area contributed by atoms with Crippen LogP contribution >= 0.6 is 0 Å². The van der Waals surface area contributed by atoms with Gasteiger partial charge in [-0.2, -0.15) is 0 Å². The van der Waals surface area contributed by atoms with E-state index in [9.17, 15) is 10.1 Å². The average Bonchev–Trinajstić information content (AvgIpc) is 2.13. The standard InChI is InChI=1S/C3H3N3O3/c4-3-2(6(7)8)1-9-5-3/h1H,(H2,4,5). The Kier molecular flexibility index (Phi) is 1.07. The van der Waals surface area contributed by atoms with Crippen molar-refractivity contribution < 1.29 is 9.45 Å². The second kappa shape index (κ2) is 1.73. The summed E-state index contributed by atoms with van der Waals surface area (Å²) in [7, 11) is 0. The van der Waals surface area contributed by atoms with Gasteiger partial charge in [0.2, 0.25) is 12.1 Å². The molecule has 9 heavy (non-hydrogen) atoms. The highest BCUT2D eigenvalue weighted by Gasteiger charge is 2.14. The molecule has 0 fully saturated rings. The highest BCUT2D eigenvalue weighted by atomic mass is 16.6. The molecule has 0 unspecified atom stereocenters. The monoisotopic (exact) mass is 129 g/mol. The number of aromatic nitrogens is 1. The summed E-state index contributed by atoms with van der Waals surface area (Å²) in [6.07, 6.45) is 0.884. The molecule has 0 atom stereocenters. The van der Waals surface area contributed by atoms with Gasteiger partial charge < -0.3 is 10.3 Å². The van der Waals surface area contributed by atoms with Crippen LogP contribution in [0.3, 0.4) is 0 Å². The fourth-order valence-electron chi connectivity index (χ4n) is 0.377. The maximum absolute atomic E-state index is 9.91. The Morgan fingerprint density at radius 3 is 2.78 bits per heavy atom. The summed E-state index contributed by atoms with van der Waals surface area (Å²) >= 11 is 0. The van der Waals surface area contributed by atoms with E-state index in [2.05, 4.69) is 9.68 Å². The van der Waals surface area contributed by atoms with Crippen molar-refractivity contribution >= 4 is 11.5 Å². The predicted octanol–water partition coefficient (Wildman–Crippen LogP) is 0.165. The van der Waals surface area contributed by atoms with Crippen LogP contribution < -0.4 is 5.73 Å². The Bertz CT molecular complexity index is 230. The lowest BCUT2D eigenvalue weighted by atomic mass is 10.5. The van der Waals surface area contributed by atoms with Crippen LogP contribution in [0.15, 0.2) is 10.8 Å². The van der Waals surface area contributed by atoms with E-state index in [0.717, 1.165) is 6.26 Å². The Morgan fingerprint density at radius 2 is 2.56 bits per heavy atom. The molecular weight excluding hydrogens is 126 g/mol. The van der Waals surface area contributed by atoms with Crippen molar-refractivity contribution in [3.05, 3.63) is 16.4 Å². The van der Waals surface area contributed by atoms with Crippen molar-refractivity contribution in [1.82, 2.24) is 5.16 Å². The Hall–Kier alpha value is -1.59. The van der Waals surface area contributed by atoms with Crippen molar-refractivity contribution in [2.75, 3.05) is 5.73 Å². The van der Waals surface area contributed by atoms with Gasteiger partial charge in [0.05, 0.1) is 4.92 Å². The molecule has 1 aromatic rings. The van der Waals surface area contributed by atoms with E-state index in [1.54, 1.807) is 0 Å². The van der Waals surface area contributed by atoms with Crippen molar-refractivity contribution in [3.63, 3.8) is 0 Å². The molecule has 0 saturated heterocycles. The van der Waals surface area contributed by atoms with E-state index in [4.69, 9.17) is 5.73 Å². The molecule has 1 heterocycles. The lowest BCUT2D eigenvalue weighted by molar-refractivity contribution is -0.384. The lowest BCUT2D eigenvalue weighted by Crippen LogP contribution is -1.91. The molecule has 1 aromatic heterocycles. The molecular formula is C3H3N3O3. The molecule has 0 aliphatic heterocycles. The number of rotatable bonds is 1. The van der Waals surface area contributed by atoms with Crippen LogP contribution in [0.4, 0.5) is 11.5 Å². The smallest absolute Gasteiger partial charge is 0.351 e. The van der Waals surface area contributed by atoms with Gasteiger partial charge in [-0.25, -0.2) is 0 Å². The maximum Gasteiger partial charge on any atom is 0.351 e. The van der Waals surface area contributed by atoms with Crippen molar-refractivity contribution in [2.24, 2.45) is 0 Å². The van der Waals surface area contributed by atoms with E-state index < -0.39 is 4.92 Å². The normalized spacial score (nSPS) is 9.33. The van der Waals surface area contributed by atoms with Gasteiger partial charge in [-0.1, -0.05) is 5.16 Å². The van der Waals surface area contributed by atoms with Crippen LogP contribution in [0.2, 0.25) is 0 Å². The lowest BCUT2D eigenvalue weighted by Gasteiger charge is -1.80. The molecule has 6 nitrogen and oxygen atoms in total. The molecule has 0 amide bonds. The first-order valence-corrected chi connectivity index (χ1v) is 2.06. The second-order valence-electron chi connectivity index (χ2n) is 1.34. The zero-order valence-corrected chi connectivity index (χ0v) is 4.27. The SMILES string of the molecule is Nc1nocc1[N+](=O)[O-]. The van der Waals surface area contributed by atoms with E-state index >= 15 is 0 Å². The molecule has 0 bridgehead atoms. The predicted molar refractivity (Wildman–Crippen MR) is 27.6 cm³/mol. The summed E-state index contributed by atoms with van der Waals surface area (Å²) in [5.41, 5.74) is 4.70. The molecule has 0 saturated carbocycles. The van der Waals surface area contributed by atoms with Crippen molar-refractivity contribution in [3.8, 4) is 0 Å². The fourth-order valence-corrected chi connectivity index (χ4v) is 0.377. The maximum atomic E-state index is 9.91. The Labute approximate surface area is 49.4 Å². The number of anilines is 1. The molecule has 0 spiro atoms. The Balaban J connectivity index is 3.08. The minimum Gasteiger partial charge on any atom is -0.375 e. The van der Waals surface area contributed by atoms with Crippen LogP contribution in [0.1, 0.15) is 0 Å². The summed E-state index contributed by atoms with van der Waals surface area (Å²) in [6, 6.07) is 0. The van der Waals surface area contributed by atoms with Crippen LogP contribution in [-0.4, -0.2) is 10.1 Å². The largest absolute Gasteiger partial charge is 0.375 e. The highest BCUT2D eigenvalue weighted by molar-refractivity contribution is 5.48. The Morgan fingerprint density at radius 1 is 1.89 bits per heavy atom. The third-order valence-electron chi connectivity index (χ3n) is 0.775. The molecule has 0 radical (unpaired) electrons. The number of nitrogens with zero attached hydrogens (tertiary/aromatic N) is 2. The van der Waals surface area contributed by atoms with Gasteiger partial charge in [0, 0.05) is 0 Å². The zero-order chi connectivity index (χ0) is 6.85. The van der Waals surface area contributed by atoms with E-state index in [1.165, 1.54) is 0 Å². The molecule has 6 heteroatoms. The van der Waals surface area contributed by atoms with Gasteiger partial charge in [0.15, 0.2) is 0 Å². The van der Waals surface area contributed by atoms with Gasteiger partial charge in [-0.3, -0.25) is 10.1 Å². The third kappa shape index (κ3) is 0.809. The molecule has 2 N–H and O–H groups in total. The first-order valence-electron chi connectivity index (χ1n) is 2.06.